The Morgan fingerprint density at radius 1 is 0.585 bits per heavy atom. The maximum Gasteiger partial charge on any atom is 0.402 e. The molecular formula is C42H47O23+. The first-order valence-corrected chi connectivity index (χ1v) is 19.9. The van der Waals surface area contributed by atoms with Gasteiger partial charge in [-0.1, -0.05) is 12.1 Å². The summed E-state index contributed by atoms with van der Waals surface area (Å²) >= 11 is 0. The number of esters is 1. The van der Waals surface area contributed by atoms with Crippen molar-refractivity contribution < 1.29 is 114 Å². The molecule has 3 saturated heterocycles. The van der Waals surface area contributed by atoms with E-state index in [1.54, 1.807) is 0 Å². The summed E-state index contributed by atoms with van der Waals surface area (Å²) in [4.78, 5) is 13.4. The number of hydrogen-bond acceptors (Lipinski definition) is 22. The zero-order valence-corrected chi connectivity index (χ0v) is 33.6. The number of benzene rings is 3. The van der Waals surface area contributed by atoms with Gasteiger partial charge in [0.05, 0.1) is 31.5 Å². The molecule has 14 N–H and O–H groups in total. The van der Waals surface area contributed by atoms with Crippen LogP contribution in [0.2, 0.25) is 0 Å². The maximum atomic E-state index is 13.4. The van der Waals surface area contributed by atoms with Gasteiger partial charge in [-0.2, -0.15) is 0 Å². The van der Waals surface area contributed by atoms with E-state index in [0.29, 0.717) is 5.56 Å². The van der Waals surface area contributed by atoms with Gasteiger partial charge in [0.1, 0.15) is 83.7 Å². The van der Waals surface area contributed by atoms with Crippen molar-refractivity contribution in [3.05, 3.63) is 72.3 Å². The molecule has 23 heteroatoms. The second-order valence-electron chi connectivity index (χ2n) is 15.3. The van der Waals surface area contributed by atoms with Crippen LogP contribution in [0, 0.1) is 0 Å². The largest absolute Gasteiger partial charge is 0.508 e. The summed E-state index contributed by atoms with van der Waals surface area (Å²) in [6.07, 6.45) is -25.2. The third kappa shape index (κ3) is 10.0. The standard InChI is InChI=1S/C42H46O23/c43-13-26-30(51)33(54)35(56)40(61-26)59-24-11-19(47)10-23-20(24)12-25(37(58-23)17-4-7-21(48)22(49)9-17)60-42-39(65-41-36(57)34(55)31(52)27(14-44)62-41)38(32(53)28(15-45)63-42)64-29(50)8-3-16-1-5-18(46)6-2-16/h1-12,26-28,30-36,38-45,51-57H,13-15H2,(H3-,46,47,48,49,50)/p+1/t26-,27-,28-,30-,31-,32-,33+,34+,35-,36-,38+,39-,40-,41+,42-/m1/s1. The Bertz CT molecular complexity index is 2300. The zero-order valence-electron chi connectivity index (χ0n) is 33.6. The zero-order chi connectivity index (χ0) is 46.9. The van der Waals surface area contributed by atoms with Crippen LogP contribution >= 0.6 is 0 Å². The second-order valence-corrected chi connectivity index (χ2v) is 15.3. The number of hydrogen-bond donors (Lipinski definition) is 14. The number of phenols is 4. The Hall–Kier alpha value is -5.48. The molecule has 15 atom stereocenters. The van der Waals surface area contributed by atoms with Gasteiger partial charge in [0.2, 0.25) is 18.3 Å². The average Bonchev–Trinajstić information content (AvgIpc) is 3.29. The monoisotopic (exact) mass is 919 g/mol. The van der Waals surface area contributed by atoms with Crippen LogP contribution in [0.25, 0.3) is 28.4 Å². The van der Waals surface area contributed by atoms with Crippen molar-refractivity contribution in [1.29, 1.82) is 0 Å². The molecule has 3 fully saturated rings. The van der Waals surface area contributed by atoms with E-state index < -0.39 is 141 Å². The predicted molar refractivity (Wildman–Crippen MR) is 213 cm³/mol. The molecule has 4 heterocycles. The molecule has 7 rings (SSSR count). The fourth-order valence-corrected chi connectivity index (χ4v) is 7.31. The topological polar surface area (TPSA) is 376 Å². The summed E-state index contributed by atoms with van der Waals surface area (Å²) in [5, 5.41) is 146. The molecule has 352 valence electrons. The van der Waals surface area contributed by atoms with E-state index in [-0.39, 0.29) is 33.8 Å². The van der Waals surface area contributed by atoms with Crippen LogP contribution in [-0.2, 0) is 28.5 Å². The lowest BCUT2D eigenvalue weighted by Gasteiger charge is -2.46. The summed E-state index contributed by atoms with van der Waals surface area (Å²) in [5.41, 5.74) is 0.237. The van der Waals surface area contributed by atoms with E-state index in [2.05, 4.69) is 0 Å². The molecule has 0 amide bonds. The van der Waals surface area contributed by atoms with Crippen molar-refractivity contribution >= 4 is 23.0 Å². The Morgan fingerprint density at radius 2 is 1.17 bits per heavy atom. The second kappa shape index (κ2) is 19.9. The molecule has 0 radical (unpaired) electrons. The van der Waals surface area contributed by atoms with Gasteiger partial charge in [0, 0.05) is 24.3 Å². The van der Waals surface area contributed by atoms with Crippen LogP contribution in [0.1, 0.15) is 5.56 Å². The molecule has 65 heavy (non-hydrogen) atoms. The predicted octanol–water partition coefficient (Wildman–Crippen LogP) is -2.35. The highest BCUT2D eigenvalue weighted by Gasteiger charge is 2.54. The molecule has 3 aliphatic heterocycles. The molecule has 3 aliphatic rings. The molecule has 0 unspecified atom stereocenters. The minimum absolute atomic E-state index is 0.0137. The highest BCUT2D eigenvalue weighted by atomic mass is 16.8. The summed E-state index contributed by atoms with van der Waals surface area (Å²) < 4.78 is 47.2. The first kappa shape index (κ1) is 47.5. The summed E-state index contributed by atoms with van der Waals surface area (Å²) in [7, 11) is 0. The number of aromatic hydroxyl groups is 4. The van der Waals surface area contributed by atoms with Crippen LogP contribution in [0.3, 0.4) is 0 Å². The van der Waals surface area contributed by atoms with Gasteiger partial charge >= 0.3 is 17.3 Å². The lowest BCUT2D eigenvalue weighted by molar-refractivity contribution is -0.358. The number of fused-ring (bicyclic) bond motifs is 1. The van der Waals surface area contributed by atoms with Crippen LogP contribution in [-0.4, -0.2) is 189 Å². The first-order chi connectivity index (χ1) is 31.0. The molecule has 23 nitrogen and oxygen atoms in total. The smallest absolute Gasteiger partial charge is 0.402 e. The fourth-order valence-electron chi connectivity index (χ4n) is 7.31. The van der Waals surface area contributed by atoms with Crippen molar-refractivity contribution in [3.63, 3.8) is 0 Å². The Morgan fingerprint density at radius 3 is 1.80 bits per heavy atom. The molecule has 0 aliphatic carbocycles. The van der Waals surface area contributed by atoms with Crippen LogP contribution in [0.15, 0.2) is 71.2 Å². The maximum absolute atomic E-state index is 13.4. The third-order valence-electron chi connectivity index (χ3n) is 10.9. The Labute approximate surface area is 366 Å². The van der Waals surface area contributed by atoms with Crippen LogP contribution in [0.5, 0.6) is 34.5 Å². The van der Waals surface area contributed by atoms with E-state index in [9.17, 15) is 76.3 Å². The molecular weight excluding hydrogens is 872 g/mol. The van der Waals surface area contributed by atoms with E-state index >= 15 is 0 Å². The van der Waals surface area contributed by atoms with E-state index in [0.717, 1.165) is 30.3 Å². The Balaban J connectivity index is 1.33. The number of rotatable bonds is 13. The van der Waals surface area contributed by atoms with Crippen molar-refractivity contribution in [2.24, 2.45) is 0 Å². The van der Waals surface area contributed by atoms with E-state index in [4.69, 9.17) is 37.6 Å². The highest BCUT2D eigenvalue weighted by molar-refractivity contribution is 5.89. The number of aliphatic hydroxyl groups excluding tert-OH is 10. The van der Waals surface area contributed by atoms with Gasteiger partial charge < -0.3 is 105 Å². The van der Waals surface area contributed by atoms with Crippen molar-refractivity contribution in [2.75, 3.05) is 19.8 Å². The summed E-state index contributed by atoms with van der Waals surface area (Å²) in [6, 6.07) is 12.4. The number of ether oxygens (including phenoxy) is 7. The molecule has 4 aromatic rings. The lowest BCUT2D eigenvalue weighted by Crippen LogP contribution is -2.65. The van der Waals surface area contributed by atoms with E-state index in [1.165, 1.54) is 42.5 Å². The molecule has 0 bridgehead atoms. The van der Waals surface area contributed by atoms with Crippen molar-refractivity contribution in [3.8, 4) is 45.8 Å². The minimum atomic E-state index is -2.06. The summed E-state index contributed by atoms with van der Waals surface area (Å²) in [6.45, 7) is -2.63. The number of carbonyl (C=O) groups excluding carboxylic acids is 1. The highest BCUT2D eigenvalue weighted by Crippen LogP contribution is 2.44. The third-order valence-corrected chi connectivity index (χ3v) is 10.9. The van der Waals surface area contributed by atoms with Gasteiger partial charge in [0.25, 0.3) is 0 Å². The van der Waals surface area contributed by atoms with Crippen molar-refractivity contribution in [2.45, 2.75) is 92.1 Å². The van der Waals surface area contributed by atoms with Crippen LogP contribution < -0.4 is 9.47 Å². The first-order valence-electron chi connectivity index (χ1n) is 19.9. The fraction of sp³-hybridized carbons (Fsp3) is 0.429. The van der Waals surface area contributed by atoms with Gasteiger partial charge in [-0.25, -0.2) is 9.21 Å². The van der Waals surface area contributed by atoms with Gasteiger partial charge in [-0.15, -0.1) is 0 Å². The lowest BCUT2D eigenvalue weighted by atomic mass is 9.97. The SMILES string of the molecule is O=C(C=Cc1ccc(O)cc1)O[C@H]1[C@H](O)[C@@H](CO)O[C@@H](Oc2cc3c(O[C@@H]4O[C@H](CO)[C@@H](O)[C@H](O)[C@H]4O)cc(O)cc3[o+]c2-c2ccc(O)c(O)c2)[C@@H]1O[C@@H]1O[C@H](CO)[C@@H](O)[C@H](O)[C@H]1O. The van der Waals surface area contributed by atoms with E-state index in [1.807, 2.05) is 0 Å². The molecule has 0 spiro atoms. The molecule has 0 saturated carbocycles. The Kier molecular flexibility index (Phi) is 14.6. The number of phenolic OH excluding ortho intramolecular Hbond substituents is 4. The molecule has 3 aromatic carbocycles. The minimum Gasteiger partial charge on any atom is -0.508 e. The van der Waals surface area contributed by atoms with Gasteiger partial charge in [0.15, 0.2) is 30.0 Å². The van der Waals surface area contributed by atoms with Crippen LogP contribution in [0.4, 0.5) is 0 Å². The summed E-state index contributed by atoms with van der Waals surface area (Å²) in [5.74, 6) is -3.86. The average molecular weight is 920 g/mol. The van der Waals surface area contributed by atoms with Crippen molar-refractivity contribution in [1.82, 2.24) is 0 Å². The number of aliphatic hydroxyl groups is 10. The van der Waals surface area contributed by atoms with Gasteiger partial charge in [-0.3, -0.25) is 0 Å². The number of carbonyl (C=O) groups is 1. The molecule has 1 aromatic heterocycles. The normalized spacial score (nSPS) is 32.9. The quantitative estimate of drug-likeness (QED) is 0.0289. The van der Waals surface area contributed by atoms with Gasteiger partial charge in [-0.05, 0) is 35.9 Å².